The van der Waals surface area contributed by atoms with Gasteiger partial charge in [0.2, 0.25) is 5.88 Å². The Labute approximate surface area is 116 Å². The fourth-order valence-electron chi connectivity index (χ4n) is 3.63. The average molecular weight is 271 g/mol. The zero-order valence-corrected chi connectivity index (χ0v) is 11.5. The van der Waals surface area contributed by atoms with Gasteiger partial charge in [-0.25, -0.2) is 0 Å². The van der Waals surface area contributed by atoms with Gasteiger partial charge < -0.3 is 9.47 Å². The molecule has 2 aromatic heterocycles. The minimum Gasteiger partial charge on any atom is -0.474 e. The van der Waals surface area contributed by atoms with Crippen molar-refractivity contribution in [3.05, 3.63) is 18.3 Å². The summed E-state index contributed by atoms with van der Waals surface area (Å²) in [6, 6.07) is 3.99. The second kappa shape index (κ2) is 3.34. The van der Waals surface area contributed by atoms with E-state index in [1.165, 1.54) is 0 Å². The number of nitrogens with zero attached hydrogens (tertiary/aromatic N) is 3. The number of rotatable bonds is 3. The summed E-state index contributed by atoms with van der Waals surface area (Å²) in [7, 11) is 0. The highest BCUT2D eigenvalue weighted by molar-refractivity contribution is 5.74. The van der Waals surface area contributed by atoms with Gasteiger partial charge >= 0.3 is 0 Å². The van der Waals surface area contributed by atoms with Gasteiger partial charge in [0.1, 0.15) is 6.10 Å². The Balaban J connectivity index is 1.51. The van der Waals surface area contributed by atoms with Crippen molar-refractivity contribution in [3.63, 3.8) is 0 Å². The molecule has 0 amide bonds. The first-order valence-electron chi connectivity index (χ1n) is 7.32. The molecule has 20 heavy (non-hydrogen) atoms. The van der Waals surface area contributed by atoms with Crippen LogP contribution in [0.25, 0.3) is 11.0 Å². The SMILES string of the molecule is CC12CC(n3cc4ccc(OC5CC5)nc4n3)(CO1)C2. The van der Waals surface area contributed by atoms with Crippen molar-refractivity contribution in [1.82, 2.24) is 14.8 Å². The number of hydrogen-bond donors (Lipinski definition) is 0. The zero-order chi connectivity index (χ0) is 13.4. The fraction of sp³-hybridized carbons (Fsp3) is 0.600. The first-order valence-corrected chi connectivity index (χ1v) is 7.32. The third-order valence-electron chi connectivity index (χ3n) is 4.74. The van der Waals surface area contributed by atoms with E-state index in [2.05, 4.69) is 27.9 Å². The van der Waals surface area contributed by atoms with Crippen molar-refractivity contribution in [1.29, 1.82) is 0 Å². The summed E-state index contributed by atoms with van der Waals surface area (Å²) >= 11 is 0. The Bertz CT molecular complexity index is 698. The Hall–Kier alpha value is -1.62. The van der Waals surface area contributed by atoms with E-state index in [0.717, 1.165) is 43.3 Å². The van der Waals surface area contributed by atoms with Crippen LogP contribution in [0.15, 0.2) is 18.3 Å². The molecule has 0 N–H and O–H groups in total. The fourth-order valence-corrected chi connectivity index (χ4v) is 3.63. The number of pyridine rings is 1. The molecule has 6 rings (SSSR count). The van der Waals surface area contributed by atoms with Gasteiger partial charge in [-0.2, -0.15) is 10.1 Å². The molecule has 4 aliphatic rings. The van der Waals surface area contributed by atoms with Gasteiger partial charge in [-0.05, 0) is 25.8 Å². The third kappa shape index (κ3) is 1.47. The van der Waals surface area contributed by atoms with Gasteiger partial charge in [-0.3, -0.25) is 4.68 Å². The van der Waals surface area contributed by atoms with Crippen molar-refractivity contribution in [2.24, 2.45) is 0 Å². The van der Waals surface area contributed by atoms with Gasteiger partial charge in [-0.1, -0.05) is 0 Å². The number of hydrogen-bond acceptors (Lipinski definition) is 4. The van der Waals surface area contributed by atoms with E-state index in [1.54, 1.807) is 0 Å². The van der Waals surface area contributed by atoms with Crippen LogP contribution in [0.4, 0.5) is 0 Å². The maximum absolute atomic E-state index is 5.85. The van der Waals surface area contributed by atoms with Crippen molar-refractivity contribution in [2.45, 2.75) is 49.9 Å². The first-order chi connectivity index (χ1) is 9.64. The van der Waals surface area contributed by atoms with Crippen LogP contribution in [-0.4, -0.2) is 33.1 Å². The summed E-state index contributed by atoms with van der Waals surface area (Å²) in [6.45, 7) is 2.95. The standard InChI is InChI=1S/C15H17N3O2/c1-14-7-15(8-14,9-19-14)18-6-10-2-5-12(16-13(10)17-18)20-11-3-4-11/h2,5-6,11H,3-4,7-9H2,1H3. The Kier molecular flexibility index (Phi) is 1.85. The molecule has 2 saturated carbocycles. The molecule has 0 radical (unpaired) electrons. The van der Waals surface area contributed by atoms with Crippen molar-refractivity contribution in [2.75, 3.05) is 6.61 Å². The number of aromatic nitrogens is 3. The molecule has 4 heterocycles. The minimum atomic E-state index is 0.0625. The van der Waals surface area contributed by atoms with Gasteiger partial charge in [0.15, 0.2) is 5.65 Å². The lowest BCUT2D eigenvalue weighted by atomic mass is 9.69. The van der Waals surface area contributed by atoms with Gasteiger partial charge in [0, 0.05) is 30.5 Å². The monoisotopic (exact) mass is 271 g/mol. The van der Waals surface area contributed by atoms with Crippen LogP contribution < -0.4 is 4.74 Å². The van der Waals surface area contributed by atoms with Crippen molar-refractivity contribution < 1.29 is 9.47 Å². The molecule has 2 aliphatic carbocycles. The second-order valence-electron chi connectivity index (χ2n) is 6.77. The second-order valence-corrected chi connectivity index (χ2v) is 6.77. The molecule has 104 valence electrons. The van der Waals surface area contributed by atoms with Gasteiger partial charge in [-0.15, -0.1) is 0 Å². The van der Waals surface area contributed by atoms with E-state index >= 15 is 0 Å². The zero-order valence-electron chi connectivity index (χ0n) is 11.5. The molecule has 4 fully saturated rings. The van der Waals surface area contributed by atoms with Crippen LogP contribution in [0.5, 0.6) is 5.88 Å². The topological polar surface area (TPSA) is 49.2 Å². The van der Waals surface area contributed by atoms with E-state index in [1.807, 2.05) is 12.1 Å². The molecule has 0 aromatic carbocycles. The lowest BCUT2D eigenvalue weighted by molar-refractivity contribution is 0.00382. The van der Waals surface area contributed by atoms with Crippen molar-refractivity contribution in [3.8, 4) is 5.88 Å². The molecule has 2 saturated heterocycles. The highest BCUT2D eigenvalue weighted by Gasteiger charge is 2.61. The van der Waals surface area contributed by atoms with Gasteiger partial charge in [0.25, 0.3) is 0 Å². The molecule has 2 aliphatic heterocycles. The average Bonchev–Trinajstić information content (AvgIpc) is 2.85. The predicted molar refractivity (Wildman–Crippen MR) is 72.7 cm³/mol. The van der Waals surface area contributed by atoms with Crippen LogP contribution in [0, 0.1) is 0 Å². The van der Waals surface area contributed by atoms with Gasteiger partial charge in [0.05, 0.1) is 17.7 Å². The summed E-state index contributed by atoms with van der Waals surface area (Å²) in [6.07, 6.45) is 6.87. The molecule has 5 nitrogen and oxygen atoms in total. The van der Waals surface area contributed by atoms with Crippen LogP contribution in [-0.2, 0) is 10.3 Å². The minimum absolute atomic E-state index is 0.0625. The molecule has 2 bridgehead atoms. The smallest absolute Gasteiger partial charge is 0.215 e. The highest BCUT2D eigenvalue weighted by atomic mass is 16.5. The number of ether oxygens (including phenoxy) is 2. The molecular formula is C15H17N3O2. The molecule has 0 unspecified atom stereocenters. The number of fused-ring (bicyclic) bond motifs is 2. The summed E-state index contributed by atoms with van der Waals surface area (Å²) in [5.41, 5.74) is 0.914. The Morgan fingerprint density at radius 1 is 1.35 bits per heavy atom. The lowest BCUT2D eigenvalue weighted by Crippen LogP contribution is -2.49. The lowest BCUT2D eigenvalue weighted by Gasteiger charge is -2.42. The molecule has 2 aromatic rings. The highest BCUT2D eigenvalue weighted by Crippen LogP contribution is 2.55. The predicted octanol–water partition coefficient (Wildman–Crippen LogP) is 2.25. The Morgan fingerprint density at radius 2 is 2.20 bits per heavy atom. The van der Waals surface area contributed by atoms with E-state index in [4.69, 9.17) is 9.47 Å². The van der Waals surface area contributed by atoms with E-state index in [9.17, 15) is 0 Å². The molecule has 0 spiro atoms. The van der Waals surface area contributed by atoms with Crippen molar-refractivity contribution >= 4 is 11.0 Å². The first kappa shape index (κ1) is 11.1. The van der Waals surface area contributed by atoms with Crippen LogP contribution >= 0.6 is 0 Å². The molecule has 5 heteroatoms. The normalized spacial score (nSPS) is 35.2. The maximum atomic E-state index is 5.85. The summed E-state index contributed by atoms with van der Waals surface area (Å²) < 4.78 is 13.7. The quantitative estimate of drug-likeness (QED) is 0.859. The van der Waals surface area contributed by atoms with E-state index < -0.39 is 0 Å². The maximum Gasteiger partial charge on any atom is 0.215 e. The summed E-state index contributed by atoms with van der Waals surface area (Å²) in [5, 5.41) is 5.74. The van der Waals surface area contributed by atoms with E-state index in [-0.39, 0.29) is 11.1 Å². The third-order valence-corrected chi connectivity index (χ3v) is 4.74. The van der Waals surface area contributed by atoms with E-state index in [0.29, 0.717) is 12.0 Å². The summed E-state index contributed by atoms with van der Waals surface area (Å²) in [4.78, 5) is 4.52. The summed E-state index contributed by atoms with van der Waals surface area (Å²) in [5.74, 6) is 0.698. The van der Waals surface area contributed by atoms with Crippen LogP contribution in [0.1, 0.15) is 32.6 Å². The Morgan fingerprint density at radius 3 is 2.90 bits per heavy atom. The molecular weight excluding hydrogens is 254 g/mol. The van der Waals surface area contributed by atoms with Crippen LogP contribution in [0.3, 0.4) is 0 Å². The van der Waals surface area contributed by atoms with Crippen LogP contribution in [0.2, 0.25) is 0 Å². The largest absolute Gasteiger partial charge is 0.474 e. The molecule has 0 atom stereocenters.